The van der Waals surface area contributed by atoms with Crippen LogP contribution in [-0.2, 0) is 28.6 Å². The zero-order valence-electron chi connectivity index (χ0n) is 40.0. The van der Waals surface area contributed by atoms with Crippen molar-refractivity contribution < 1.29 is 28.6 Å². The van der Waals surface area contributed by atoms with Gasteiger partial charge in [-0.05, 0) is 64.2 Å². The van der Waals surface area contributed by atoms with Crippen molar-refractivity contribution in [3.63, 3.8) is 0 Å². The summed E-state index contributed by atoms with van der Waals surface area (Å²) in [7, 11) is 0. The van der Waals surface area contributed by atoms with Gasteiger partial charge in [0.05, 0.1) is 0 Å². The van der Waals surface area contributed by atoms with Crippen molar-refractivity contribution in [1.82, 2.24) is 0 Å². The fourth-order valence-electron chi connectivity index (χ4n) is 7.44. The number of rotatable bonds is 47. The molecule has 0 rings (SSSR count). The number of esters is 3. The summed E-state index contributed by atoms with van der Waals surface area (Å²) in [6.45, 7) is 6.57. The maximum atomic E-state index is 12.8. The molecule has 0 spiro atoms. The Kier molecular flexibility index (Phi) is 47.3. The predicted molar refractivity (Wildman–Crippen MR) is 256 cm³/mol. The van der Waals surface area contributed by atoms with Gasteiger partial charge in [0.25, 0.3) is 0 Å². The molecule has 6 heteroatoms. The average molecular weight is 843 g/mol. The van der Waals surface area contributed by atoms with E-state index in [4.69, 9.17) is 14.2 Å². The van der Waals surface area contributed by atoms with Crippen molar-refractivity contribution >= 4 is 17.9 Å². The Balaban J connectivity index is 4.28. The second-order valence-corrected chi connectivity index (χ2v) is 17.5. The minimum Gasteiger partial charge on any atom is -0.462 e. The van der Waals surface area contributed by atoms with E-state index >= 15 is 0 Å². The first kappa shape index (κ1) is 57.6. The molecule has 0 fully saturated rings. The van der Waals surface area contributed by atoms with Gasteiger partial charge in [-0.15, -0.1) is 0 Å². The largest absolute Gasteiger partial charge is 0.462 e. The summed E-state index contributed by atoms with van der Waals surface area (Å²) in [5, 5.41) is 0. The highest BCUT2D eigenvalue weighted by atomic mass is 16.6. The van der Waals surface area contributed by atoms with E-state index in [9.17, 15) is 14.4 Å². The van der Waals surface area contributed by atoms with Crippen LogP contribution in [0.15, 0.2) is 36.5 Å². The van der Waals surface area contributed by atoms with Crippen LogP contribution < -0.4 is 0 Å². The Morgan fingerprint density at radius 2 is 0.617 bits per heavy atom. The normalized spacial score (nSPS) is 12.2. The van der Waals surface area contributed by atoms with Gasteiger partial charge in [0.1, 0.15) is 13.2 Å². The fraction of sp³-hybridized carbons (Fsp3) is 0.833. The highest BCUT2D eigenvalue weighted by Crippen LogP contribution is 2.16. The van der Waals surface area contributed by atoms with Gasteiger partial charge >= 0.3 is 17.9 Å². The van der Waals surface area contributed by atoms with Gasteiger partial charge in [-0.25, -0.2) is 0 Å². The summed E-state index contributed by atoms with van der Waals surface area (Å²) >= 11 is 0. The second-order valence-electron chi connectivity index (χ2n) is 17.5. The lowest BCUT2D eigenvalue weighted by molar-refractivity contribution is -0.167. The van der Waals surface area contributed by atoms with E-state index < -0.39 is 6.10 Å². The molecule has 0 heterocycles. The Morgan fingerprint density at radius 3 is 1.05 bits per heavy atom. The molecule has 0 aromatic heterocycles. The van der Waals surface area contributed by atoms with Crippen LogP contribution >= 0.6 is 0 Å². The van der Waals surface area contributed by atoms with Crippen molar-refractivity contribution in [2.75, 3.05) is 13.2 Å². The van der Waals surface area contributed by atoms with E-state index in [0.29, 0.717) is 19.3 Å². The third kappa shape index (κ3) is 46.7. The molecule has 1 atom stereocenters. The number of allylic oxidation sites excluding steroid dienone is 6. The van der Waals surface area contributed by atoms with Crippen LogP contribution in [0, 0.1) is 0 Å². The van der Waals surface area contributed by atoms with Crippen molar-refractivity contribution in [3.8, 4) is 0 Å². The summed E-state index contributed by atoms with van der Waals surface area (Å²) in [5.41, 5.74) is 0. The van der Waals surface area contributed by atoms with Crippen LogP contribution in [-0.4, -0.2) is 37.2 Å². The molecule has 60 heavy (non-hydrogen) atoms. The first-order chi connectivity index (χ1) is 29.5. The molecule has 1 unspecified atom stereocenters. The molecule has 0 radical (unpaired) electrons. The van der Waals surface area contributed by atoms with E-state index in [1.807, 2.05) is 0 Å². The molecule has 0 bridgehead atoms. The molecule has 6 nitrogen and oxygen atoms in total. The van der Waals surface area contributed by atoms with Gasteiger partial charge < -0.3 is 14.2 Å². The topological polar surface area (TPSA) is 78.9 Å². The van der Waals surface area contributed by atoms with Gasteiger partial charge in [-0.2, -0.15) is 0 Å². The second kappa shape index (κ2) is 49.3. The summed E-state index contributed by atoms with van der Waals surface area (Å²) in [4.78, 5) is 37.8. The monoisotopic (exact) mass is 843 g/mol. The number of unbranched alkanes of at least 4 members (excludes halogenated alkanes) is 31. The van der Waals surface area contributed by atoms with Gasteiger partial charge in [-0.3, -0.25) is 14.4 Å². The molecule has 0 aliphatic rings. The summed E-state index contributed by atoms with van der Waals surface area (Å²) in [5.74, 6) is -0.910. The van der Waals surface area contributed by atoms with Gasteiger partial charge in [0, 0.05) is 19.3 Å². The fourth-order valence-corrected chi connectivity index (χ4v) is 7.44. The molecule has 0 aliphatic carbocycles. The Morgan fingerprint density at radius 1 is 0.333 bits per heavy atom. The Hall–Kier alpha value is -2.37. The molecular formula is C54H98O6. The van der Waals surface area contributed by atoms with Gasteiger partial charge in [-0.1, -0.05) is 224 Å². The van der Waals surface area contributed by atoms with Gasteiger partial charge in [0.2, 0.25) is 0 Å². The van der Waals surface area contributed by atoms with Crippen LogP contribution in [0.25, 0.3) is 0 Å². The minimum absolute atomic E-state index is 0.0795. The third-order valence-electron chi connectivity index (χ3n) is 11.4. The lowest BCUT2D eigenvalue weighted by Gasteiger charge is -2.18. The molecule has 350 valence electrons. The maximum Gasteiger partial charge on any atom is 0.306 e. The highest BCUT2D eigenvalue weighted by molar-refractivity contribution is 5.71. The van der Waals surface area contributed by atoms with Crippen LogP contribution in [0.5, 0.6) is 0 Å². The lowest BCUT2D eigenvalue weighted by Crippen LogP contribution is -2.30. The summed E-state index contributed by atoms with van der Waals surface area (Å²) < 4.78 is 16.7. The van der Waals surface area contributed by atoms with Crippen molar-refractivity contribution in [3.05, 3.63) is 36.5 Å². The van der Waals surface area contributed by atoms with E-state index in [1.165, 1.54) is 173 Å². The Bertz CT molecular complexity index is 1020. The zero-order valence-corrected chi connectivity index (χ0v) is 40.0. The van der Waals surface area contributed by atoms with E-state index in [0.717, 1.165) is 57.8 Å². The standard InChI is InChI=1S/C54H98O6/c1-4-7-10-13-16-19-21-23-25-26-27-28-29-31-32-35-38-41-44-47-53(56)59-50-51(49-58-52(55)46-43-40-37-34-18-15-12-9-6-3)60-54(57)48-45-42-39-36-33-30-24-22-20-17-14-11-8-5-2/h16,19,21,23,34,37,51H,4-15,17-18,20,22,24-33,35-36,38-50H2,1-3H3/b19-16-,23-21-,37-34-. The zero-order chi connectivity index (χ0) is 43.7. The van der Waals surface area contributed by atoms with Gasteiger partial charge in [0.15, 0.2) is 6.10 Å². The molecule has 0 amide bonds. The molecule has 0 aromatic rings. The van der Waals surface area contributed by atoms with Crippen LogP contribution in [0.2, 0.25) is 0 Å². The molecule has 0 saturated carbocycles. The SMILES string of the molecule is CCCCC/C=C\C=C/CCCCCCCCCCCCC(=O)OCC(COC(=O)CCC/C=C\CCCCCC)OC(=O)CCCCCCCCCCCCCCCC. The first-order valence-electron chi connectivity index (χ1n) is 26.0. The third-order valence-corrected chi connectivity index (χ3v) is 11.4. The number of carbonyl (C=O) groups excluding carboxylic acids is 3. The first-order valence-corrected chi connectivity index (χ1v) is 26.0. The van der Waals surface area contributed by atoms with Crippen molar-refractivity contribution in [2.24, 2.45) is 0 Å². The smallest absolute Gasteiger partial charge is 0.306 e. The Labute approximate surface area is 372 Å². The van der Waals surface area contributed by atoms with Crippen molar-refractivity contribution in [1.29, 1.82) is 0 Å². The lowest BCUT2D eigenvalue weighted by atomic mass is 10.0. The highest BCUT2D eigenvalue weighted by Gasteiger charge is 2.19. The van der Waals surface area contributed by atoms with E-state index in [2.05, 4.69) is 57.2 Å². The summed E-state index contributed by atoms with van der Waals surface area (Å²) in [6, 6.07) is 0. The van der Waals surface area contributed by atoms with E-state index in [1.54, 1.807) is 0 Å². The minimum atomic E-state index is -0.779. The number of ether oxygens (including phenoxy) is 3. The average Bonchev–Trinajstić information content (AvgIpc) is 3.24. The molecule has 0 N–H and O–H groups in total. The molecule has 0 saturated heterocycles. The molecule has 0 aliphatic heterocycles. The quantitative estimate of drug-likeness (QED) is 0.0200. The predicted octanol–water partition coefficient (Wildman–Crippen LogP) is 16.9. The molecule has 0 aromatic carbocycles. The maximum absolute atomic E-state index is 12.8. The number of carbonyl (C=O) groups is 3. The number of hydrogen-bond donors (Lipinski definition) is 0. The van der Waals surface area contributed by atoms with Crippen LogP contribution in [0.3, 0.4) is 0 Å². The number of hydrogen-bond acceptors (Lipinski definition) is 6. The van der Waals surface area contributed by atoms with Crippen molar-refractivity contribution in [2.45, 2.75) is 277 Å². The summed E-state index contributed by atoms with van der Waals surface area (Å²) in [6.07, 6.45) is 57.1. The van der Waals surface area contributed by atoms with Crippen LogP contribution in [0.4, 0.5) is 0 Å². The molecular weight excluding hydrogens is 745 g/mol. The van der Waals surface area contributed by atoms with E-state index in [-0.39, 0.29) is 31.1 Å². The van der Waals surface area contributed by atoms with Crippen LogP contribution in [0.1, 0.15) is 271 Å².